The fraction of sp³-hybridized carbons (Fsp3) is 0.308. The normalized spacial score (nSPS) is 13.2. The molecule has 0 saturated carbocycles. The maximum atomic E-state index is 11.3. The largest absolute Gasteiger partial charge is 0.497 e. The van der Waals surface area contributed by atoms with Gasteiger partial charge in [-0.15, -0.1) is 0 Å². The Bertz CT molecular complexity index is 613. The molecule has 1 aromatic carbocycles. The molecule has 0 bridgehead atoms. The van der Waals surface area contributed by atoms with Gasteiger partial charge in [0, 0.05) is 33.3 Å². The van der Waals surface area contributed by atoms with Crippen LogP contribution in [0.2, 0.25) is 1.41 Å². The maximum absolute atomic E-state index is 11.3. The Morgan fingerprint density at radius 2 is 2.53 bits per heavy atom. The number of aromatic nitrogens is 1. The van der Waals surface area contributed by atoms with Gasteiger partial charge >= 0.3 is 0 Å². The predicted molar refractivity (Wildman–Crippen MR) is 67.2 cm³/mol. The van der Waals surface area contributed by atoms with Crippen molar-refractivity contribution in [2.75, 3.05) is 13.7 Å². The minimum atomic E-state index is -1.64. The first-order chi connectivity index (χ1) is 9.52. The van der Waals surface area contributed by atoms with Crippen LogP contribution < -0.4 is 10.0 Å². The SMILES string of the molecule is [2H]C([2H])C(=O)N([2H])CCc1c[nH]c2ccc(OC)cc12. The van der Waals surface area contributed by atoms with E-state index < -0.39 is 12.8 Å². The number of rotatable bonds is 4. The highest BCUT2D eigenvalue weighted by Gasteiger charge is 2.05. The van der Waals surface area contributed by atoms with Crippen molar-refractivity contribution in [3.63, 3.8) is 0 Å². The smallest absolute Gasteiger partial charge is 0.216 e. The summed E-state index contributed by atoms with van der Waals surface area (Å²) < 4.78 is 26.7. The minimum absolute atomic E-state index is 0.150. The number of amides is 1. The van der Waals surface area contributed by atoms with Crippen molar-refractivity contribution >= 4 is 16.8 Å². The van der Waals surface area contributed by atoms with Crippen LogP contribution in [0.4, 0.5) is 0 Å². The van der Waals surface area contributed by atoms with E-state index in [0.29, 0.717) is 11.7 Å². The lowest BCUT2D eigenvalue weighted by molar-refractivity contribution is -0.118. The van der Waals surface area contributed by atoms with E-state index in [4.69, 9.17) is 8.89 Å². The van der Waals surface area contributed by atoms with Crippen molar-refractivity contribution in [3.8, 4) is 5.75 Å². The Kier molecular flexibility index (Phi) is 2.36. The van der Waals surface area contributed by atoms with Gasteiger partial charge in [0.2, 0.25) is 5.91 Å². The third kappa shape index (κ3) is 2.58. The highest BCUT2D eigenvalue weighted by molar-refractivity contribution is 5.84. The second kappa shape index (κ2) is 4.91. The molecule has 0 radical (unpaired) electrons. The minimum Gasteiger partial charge on any atom is -0.497 e. The van der Waals surface area contributed by atoms with Crippen molar-refractivity contribution in [2.45, 2.75) is 13.3 Å². The summed E-state index contributed by atoms with van der Waals surface area (Å²) in [6, 6.07) is 5.66. The molecule has 0 saturated heterocycles. The van der Waals surface area contributed by atoms with E-state index in [0.717, 1.165) is 22.2 Å². The molecule has 0 aliphatic rings. The average molecular weight is 235 g/mol. The van der Waals surface area contributed by atoms with Crippen molar-refractivity contribution in [3.05, 3.63) is 30.0 Å². The zero-order chi connectivity index (χ0) is 14.7. The molecule has 4 heteroatoms. The lowest BCUT2D eigenvalue weighted by Crippen LogP contribution is -2.22. The van der Waals surface area contributed by atoms with Gasteiger partial charge in [0.25, 0.3) is 0 Å². The molecule has 0 aliphatic heterocycles. The molecule has 0 spiro atoms. The van der Waals surface area contributed by atoms with Gasteiger partial charge in [0.15, 0.2) is 1.41 Å². The fourth-order valence-electron chi connectivity index (χ4n) is 1.78. The molecular weight excluding hydrogens is 216 g/mol. The number of methoxy groups -OCH3 is 1. The Labute approximate surface area is 104 Å². The van der Waals surface area contributed by atoms with Gasteiger partial charge in [-0.2, -0.15) is 0 Å². The van der Waals surface area contributed by atoms with E-state index in [1.807, 2.05) is 24.4 Å². The van der Waals surface area contributed by atoms with Crippen LogP contribution in [0.25, 0.3) is 10.9 Å². The van der Waals surface area contributed by atoms with Crippen molar-refractivity contribution in [1.82, 2.24) is 10.3 Å². The first kappa shape index (κ1) is 8.17. The van der Waals surface area contributed by atoms with Crippen LogP contribution in [0.3, 0.4) is 0 Å². The highest BCUT2D eigenvalue weighted by atomic mass is 16.5. The van der Waals surface area contributed by atoms with Gasteiger partial charge in [-0.05, 0) is 30.2 Å². The molecule has 90 valence electrons. The van der Waals surface area contributed by atoms with Gasteiger partial charge in [-0.3, -0.25) is 4.79 Å². The van der Waals surface area contributed by atoms with E-state index in [2.05, 4.69) is 4.98 Å². The summed E-state index contributed by atoms with van der Waals surface area (Å²) in [5.74, 6) is -0.0723. The molecule has 1 heterocycles. The van der Waals surface area contributed by atoms with Crippen LogP contribution in [0.5, 0.6) is 5.75 Å². The van der Waals surface area contributed by atoms with Crippen LogP contribution >= 0.6 is 0 Å². The number of hydrogen-bond donors (Lipinski definition) is 2. The van der Waals surface area contributed by atoms with Crippen LogP contribution in [0.15, 0.2) is 24.4 Å². The van der Waals surface area contributed by atoms with Crippen LogP contribution in [-0.2, 0) is 11.2 Å². The number of hydrogen-bond acceptors (Lipinski definition) is 2. The van der Waals surface area contributed by atoms with Crippen molar-refractivity contribution < 1.29 is 13.7 Å². The zero-order valence-corrected chi connectivity index (χ0v) is 9.56. The zero-order valence-electron chi connectivity index (χ0n) is 12.6. The number of H-pyrrole nitrogens is 1. The summed E-state index contributed by atoms with van der Waals surface area (Å²) in [6.45, 7) is -1.49. The third-order valence-electron chi connectivity index (χ3n) is 2.62. The number of carbonyl (C=O) groups excluding carboxylic acids is 1. The molecule has 0 atom stereocenters. The van der Waals surface area contributed by atoms with E-state index >= 15 is 0 Å². The summed E-state index contributed by atoms with van der Waals surface area (Å²) in [4.78, 5) is 14.4. The molecule has 2 N–H and O–H groups in total. The standard InChI is InChI=1S/C13H16N2O2/c1-9(16)14-6-5-10-8-15-13-4-3-11(17-2)7-12(10)13/h3-4,7-8,15H,5-6H2,1-2H3,(H,14,16)/i1D2/hD. The third-order valence-corrected chi connectivity index (χ3v) is 2.62. The van der Waals surface area contributed by atoms with Crippen LogP contribution in [0.1, 0.15) is 15.2 Å². The second-order valence-corrected chi connectivity index (χ2v) is 3.70. The maximum Gasteiger partial charge on any atom is 0.216 e. The molecule has 2 aromatic rings. The summed E-state index contributed by atoms with van der Waals surface area (Å²) in [5.41, 5.74) is 1.93. The molecule has 0 aliphatic carbocycles. The molecule has 4 nitrogen and oxygen atoms in total. The molecule has 1 aromatic heterocycles. The average Bonchev–Trinajstić information content (AvgIpc) is 2.85. The number of aromatic amines is 1. The number of benzene rings is 1. The number of fused-ring (bicyclic) bond motifs is 1. The topological polar surface area (TPSA) is 54.1 Å². The van der Waals surface area contributed by atoms with Gasteiger partial charge in [0.05, 0.1) is 7.11 Å². The Morgan fingerprint density at radius 3 is 3.29 bits per heavy atom. The number of nitrogens with one attached hydrogen (secondary N) is 2. The van der Waals surface area contributed by atoms with Gasteiger partial charge in [0.1, 0.15) is 5.75 Å². The van der Waals surface area contributed by atoms with E-state index in [1.165, 1.54) is 0 Å². The molecule has 2 rings (SSSR count). The lowest BCUT2D eigenvalue weighted by atomic mass is 10.1. The van der Waals surface area contributed by atoms with Gasteiger partial charge in [-0.1, -0.05) is 0 Å². The van der Waals surface area contributed by atoms with Crippen molar-refractivity contribution in [1.29, 1.82) is 0 Å². The van der Waals surface area contributed by atoms with Gasteiger partial charge in [-0.25, -0.2) is 0 Å². The van der Waals surface area contributed by atoms with Crippen LogP contribution in [-0.4, -0.2) is 24.5 Å². The Morgan fingerprint density at radius 1 is 1.65 bits per heavy atom. The monoisotopic (exact) mass is 235 g/mol. The highest BCUT2D eigenvalue weighted by Crippen LogP contribution is 2.23. The molecule has 17 heavy (non-hydrogen) atoms. The Hall–Kier alpha value is -1.97. The molecule has 0 fully saturated rings. The summed E-state index contributed by atoms with van der Waals surface area (Å²) in [5, 5.41) is 1.66. The van der Waals surface area contributed by atoms with Gasteiger partial charge < -0.3 is 15.0 Å². The number of ether oxygens (including phenoxy) is 1. The predicted octanol–water partition coefficient (Wildman–Crippen LogP) is 1.86. The quantitative estimate of drug-likeness (QED) is 0.849. The fourth-order valence-corrected chi connectivity index (χ4v) is 1.78. The summed E-state index contributed by atoms with van der Waals surface area (Å²) in [6.07, 6.45) is 2.32. The summed E-state index contributed by atoms with van der Waals surface area (Å²) >= 11 is 0. The second-order valence-electron chi connectivity index (χ2n) is 3.70. The van der Waals surface area contributed by atoms with E-state index in [9.17, 15) is 4.79 Å². The first-order valence-electron chi connectivity index (χ1n) is 6.92. The summed E-state index contributed by atoms with van der Waals surface area (Å²) in [7, 11) is 1.60. The Balaban J connectivity index is 2.12. The number of carbonyl (C=O) groups is 1. The van der Waals surface area contributed by atoms with Crippen molar-refractivity contribution in [2.24, 2.45) is 0 Å². The molecule has 0 unspecified atom stereocenters. The first-order valence-corrected chi connectivity index (χ1v) is 5.31. The van der Waals surface area contributed by atoms with E-state index in [-0.39, 0.29) is 6.54 Å². The molecule has 1 amide bonds. The lowest BCUT2D eigenvalue weighted by Gasteiger charge is -2.03. The van der Waals surface area contributed by atoms with Crippen LogP contribution in [0, 0.1) is 0 Å². The van der Waals surface area contributed by atoms with E-state index in [1.54, 1.807) is 7.11 Å². The molecular formula is C13H16N2O2.